The van der Waals surface area contributed by atoms with E-state index < -0.39 is 9.84 Å². The molecule has 2 fully saturated rings. The summed E-state index contributed by atoms with van der Waals surface area (Å²) < 4.78 is 29.7. The summed E-state index contributed by atoms with van der Waals surface area (Å²) in [4.78, 5) is 28.2. The summed E-state index contributed by atoms with van der Waals surface area (Å²) in [7, 11) is -2.95. The molecule has 3 heterocycles. The van der Waals surface area contributed by atoms with Crippen molar-refractivity contribution >= 4 is 21.7 Å². The van der Waals surface area contributed by atoms with Gasteiger partial charge in [-0.05, 0) is 55.1 Å². The average molecular weight is 512 g/mol. The number of sulfone groups is 1. The summed E-state index contributed by atoms with van der Waals surface area (Å²) >= 11 is 0. The lowest BCUT2D eigenvalue weighted by atomic mass is 10.0. The predicted molar refractivity (Wildman–Crippen MR) is 136 cm³/mol. The van der Waals surface area contributed by atoms with E-state index in [1.54, 1.807) is 0 Å². The lowest BCUT2D eigenvalue weighted by Gasteiger charge is -2.31. The van der Waals surface area contributed by atoms with Crippen molar-refractivity contribution in [1.82, 2.24) is 15.1 Å². The molecule has 3 aliphatic rings. The normalized spacial score (nSPS) is 21.9. The van der Waals surface area contributed by atoms with E-state index in [1.807, 2.05) is 12.1 Å². The highest BCUT2D eigenvalue weighted by Gasteiger charge is 2.35. The van der Waals surface area contributed by atoms with Crippen LogP contribution < -0.4 is 10.1 Å². The third kappa shape index (κ3) is 5.63. The molecule has 8 nitrogen and oxygen atoms in total. The van der Waals surface area contributed by atoms with Crippen LogP contribution in [0.5, 0.6) is 5.75 Å². The minimum absolute atomic E-state index is 0.195. The number of fused-ring (bicyclic) bond motifs is 1. The van der Waals surface area contributed by atoms with Gasteiger partial charge in [-0.3, -0.25) is 24.7 Å². The molecule has 5 rings (SSSR count). The van der Waals surface area contributed by atoms with E-state index in [9.17, 15) is 18.0 Å². The molecule has 0 spiro atoms. The molecule has 2 saturated heterocycles. The summed E-state index contributed by atoms with van der Waals surface area (Å²) in [5, 5.41) is 2.25. The number of nitrogens with zero attached hydrogens (tertiary/aromatic N) is 2. The third-order valence-electron chi connectivity index (χ3n) is 7.58. The molecule has 36 heavy (non-hydrogen) atoms. The van der Waals surface area contributed by atoms with Gasteiger partial charge in [-0.15, -0.1) is 0 Å². The van der Waals surface area contributed by atoms with Crippen LogP contribution in [0.4, 0.5) is 0 Å². The zero-order valence-electron chi connectivity index (χ0n) is 20.6. The summed E-state index contributed by atoms with van der Waals surface area (Å²) in [6.45, 7) is 4.19. The van der Waals surface area contributed by atoms with Crippen LogP contribution in [0.1, 0.15) is 47.9 Å². The number of benzene rings is 2. The molecular formula is C27H33N3O5S. The van der Waals surface area contributed by atoms with Gasteiger partial charge >= 0.3 is 0 Å². The van der Waals surface area contributed by atoms with Gasteiger partial charge in [0, 0.05) is 37.9 Å². The van der Waals surface area contributed by atoms with E-state index in [4.69, 9.17) is 4.74 Å². The highest BCUT2D eigenvalue weighted by molar-refractivity contribution is 7.91. The number of nitrogens with one attached hydrogen (secondary N) is 1. The maximum absolute atomic E-state index is 12.3. The number of piperidine rings is 2. The Hall–Kier alpha value is -2.75. The fourth-order valence-corrected chi connectivity index (χ4v) is 6.53. The largest absolute Gasteiger partial charge is 0.489 e. The molecule has 0 aromatic heterocycles. The van der Waals surface area contributed by atoms with Crippen LogP contribution >= 0.6 is 0 Å². The van der Waals surface area contributed by atoms with Crippen molar-refractivity contribution in [3.05, 3.63) is 64.7 Å². The van der Waals surface area contributed by atoms with Gasteiger partial charge < -0.3 is 4.74 Å². The van der Waals surface area contributed by atoms with Crippen LogP contribution in [0, 0.1) is 0 Å². The highest BCUT2D eigenvalue weighted by atomic mass is 32.2. The van der Waals surface area contributed by atoms with Crippen molar-refractivity contribution in [2.75, 3.05) is 19.3 Å². The third-order valence-corrected chi connectivity index (χ3v) is 9.26. The molecule has 2 aromatic rings. The second-order valence-corrected chi connectivity index (χ2v) is 12.5. The van der Waals surface area contributed by atoms with E-state index in [1.165, 1.54) is 11.8 Å². The van der Waals surface area contributed by atoms with Crippen molar-refractivity contribution in [3.8, 4) is 5.75 Å². The van der Waals surface area contributed by atoms with Gasteiger partial charge in [0.15, 0.2) is 0 Å². The molecule has 9 heteroatoms. The fourth-order valence-electron chi connectivity index (χ4n) is 5.46. The number of carbonyl (C=O) groups excluding carboxylic acids is 2. The molecule has 192 valence electrons. The van der Waals surface area contributed by atoms with E-state index in [0.717, 1.165) is 42.1 Å². The van der Waals surface area contributed by atoms with Crippen molar-refractivity contribution in [1.29, 1.82) is 0 Å². The monoisotopic (exact) mass is 511 g/mol. The number of imide groups is 1. The maximum Gasteiger partial charge on any atom is 0.243 e. The maximum atomic E-state index is 12.3. The second kappa shape index (κ2) is 10.3. The second-order valence-electron chi connectivity index (χ2n) is 10.2. The topological polar surface area (TPSA) is 96.0 Å². The van der Waals surface area contributed by atoms with E-state index in [2.05, 4.69) is 45.4 Å². The van der Waals surface area contributed by atoms with E-state index in [-0.39, 0.29) is 23.1 Å². The summed E-state index contributed by atoms with van der Waals surface area (Å²) in [5.41, 5.74) is 4.55. The Morgan fingerprint density at radius 3 is 2.39 bits per heavy atom. The molecule has 1 N–H and O–H groups in total. The Balaban J connectivity index is 1.15. The quantitative estimate of drug-likeness (QED) is 0.571. The standard InChI is InChI=1S/C27H33N3O5S/c1-36(33,34)22-11-13-29(14-12-22)15-19-5-7-20(8-6-19)18-35-25-4-2-3-21-16-30(17-23(21)25)24-9-10-26(31)28-27(24)32/h2-8,22,24H,9-18H2,1H3,(H,28,31,32). The zero-order chi connectivity index (χ0) is 25.3. The number of hydrogen-bond acceptors (Lipinski definition) is 7. The van der Waals surface area contributed by atoms with Gasteiger partial charge in [-0.1, -0.05) is 36.4 Å². The minimum Gasteiger partial charge on any atom is -0.489 e. The highest BCUT2D eigenvalue weighted by Crippen LogP contribution is 2.34. The predicted octanol–water partition coefficient (Wildman–Crippen LogP) is 2.40. The number of hydrogen-bond donors (Lipinski definition) is 1. The van der Waals surface area contributed by atoms with Gasteiger partial charge in [0.1, 0.15) is 22.2 Å². The van der Waals surface area contributed by atoms with Crippen LogP contribution in [0.3, 0.4) is 0 Å². The Morgan fingerprint density at radius 1 is 0.972 bits per heavy atom. The van der Waals surface area contributed by atoms with Crippen molar-refractivity contribution in [2.45, 2.75) is 63.2 Å². The molecule has 0 saturated carbocycles. The van der Waals surface area contributed by atoms with Gasteiger partial charge in [-0.2, -0.15) is 0 Å². The summed E-state index contributed by atoms with van der Waals surface area (Å²) in [6.07, 6.45) is 3.67. The number of carbonyl (C=O) groups is 2. The average Bonchev–Trinajstić information content (AvgIpc) is 3.28. The van der Waals surface area contributed by atoms with Gasteiger partial charge in [0.2, 0.25) is 11.8 Å². The Morgan fingerprint density at radius 2 is 1.69 bits per heavy atom. The van der Waals surface area contributed by atoms with Gasteiger partial charge in [0.25, 0.3) is 0 Å². The van der Waals surface area contributed by atoms with Crippen molar-refractivity contribution in [3.63, 3.8) is 0 Å². The fraction of sp³-hybridized carbons (Fsp3) is 0.481. The molecule has 0 radical (unpaired) electrons. The molecule has 1 atom stereocenters. The Bertz CT molecular complexity index is 1240. The first kappa shape index (κ1) is 24.9. The summed E-state index contributed by atoms with van der Waals surface area (Å²) in [6, 6.07) is 14.1. The lowest BCUT2D eigenvalue weighted by Crippen LogP contribution is -2.50. The molecule has 2 amide bonds. The molecule has 3 aliphatic heterocycles. The molecular weight excluding hydrogens is 478 g/mol. The Labute approximate surface area is 212 Å². The van der Waals surface area contributed by atoms with Crippen molar-refractivity contribution < 1.29 is 22.7 Å². The van der Waals surface area contributed by atoms with Crippen LogP contribution in [0.15, 0.2) is 42.5 Å². The molecule has 1 unspecified atom stereocenters. The first-order valence-corrected chi connectivity index (χ1v) is 14.5. The van der Waals surface area contributed by atoms with Crippen LogP contribution in [0.25, 0.3) is 0 Å². The first-order valence-electron chi connectivity index (χ1n) is 12.6. The molecule has 2 aromatic carbocycles. The zero-order valence-corrected chi connectivity index (χ0v) is 21.4. The van der Waals surface area contributed by atoms with E-state index >= 15 is 0 Å². The van der Waals surface area contributed by atoms with Crippen molar-refractivity contribution in [2.24, 2.45) is 0 Å². The van der Waals surface area contributed by atoms with Crippen LogP contribution in [-0.4, -0.2) is 60.7 Å². The smallest absolute Gasteiger partial charge is 0.243 e. The van der Waals surface area contributed by atoms with E-state index in [0.29, 0.717) is 45.4 Å². The Kier molecular flexibility index (Phi) is 7.14. The number of rotatable bonds is 7. The number of ether oxygens (including phenoxy) is 1. The SMILES string of the molecule is CS(=O)(=O)C1CCN(Cc2ccc(COc3cccc4c3CN(C3CCC(=O)NC3=O)C4)cc2)CC1. The van der Waals surface area contributed by atoms with Crippen LogP contribution in [0.2, 0.25) is 0 Å². The van der Waals surface area contributed by atoms with Gasteiger partial charge in [0.05, 0.1) is 11.3 Å². The van der Waals surface area contributed by atoms with Crippen LogP contribution in [-0.2, 0) is 45.7 Å². The summed E-state index contributed by atoms with van der Waals surface area (Å²) in [5.74, 6) is 0.431. The number of likely N-dealkylation sites (tertiary alicyclic amines) is 1. The molecule has 0 aliphatic carbocycles. The lowest BCUT2D eigenvalue weighted by molar-refractivity contribution is -0.137. The molecule has 0 bridgehead atoms. The minimum atomic E-state index is -2.95. The first-order chi connectivity index (χ1) is 17.3. The van der Waals surface area contributed by atoms with Gasteiger partial charge in [-0.25, -0.2) is 8.42 Å². The number of amides is 2.